The molecule has 29 heavy (non-hydrogen) atoms. The third-order valence-electron chi connectivity index (χ3n) is 5.65. The number of hydrogen-bond donors (Lipinski definition) is 0. The van der Waals surface area contributed by atoms with Crippen molar-refractivity contribution in [2.45, 2.75) is 58.3 Å². The number of ether oxygens (including phenoxy) is 2. The van der Waals surface area contributed by atoms with E-state index in [1.54, 1.807) is 0 Å². The van der Waals surface area contributed by atoms with Gasteiger partial charge in [-0.1, -0.05) is 36.4 Å². The molecule has 0 radical (unpaired) electrons. The first-order valence-corrected chi connectivity index (χ1v) is 9.93. The van der Waals surface area contributed by atoms with Crippen molar-refractivity contribution >= 4 is 18.6 Å². The standard InChI is InChI=1S/C23H29BO5/c1-22(2)23(3,4)29-24(28-22)19-8-6-7-18(15-19)16-27-20-12-9-17(10-13-20)11-14-21(25)26-5/h6-10,12-13,15H,11,14,16H2,1-5H3. The Morgan fingerprint density at radius 3 is 2.24 bits per heavy atom. The smallest absolute Gasteiger partial charge is 0.489 e. The highest BCUT2D eigenvalue weighted by molar-refractivity contribution is 6.62. The molecule has 1 aliphatic rings. The number of benzene rings is 2. The van der Waals surface area contributed by atoms with Crippen LogP contribution in [0.25, 0.3) is 0 Å². The van der Waals surface area contributed by atoms with Crippen LogP contribution in [0.5, 0.6) is 5.75 Å². The summed E-state index contributed by atoms with van der Waals surface area (Å²) in [4.78, 5) is 11.2. The van der Waals surface area contributed by atoms with Crippen LogP contribution in [0.2, 0.25) is 0 Å². The predicted octanol–water partition coefficient (Wildman–Crippen LogP) is 3.67. The van der Waals surface area contributed by atoms with E-state index in [1.807, 2.05) is 42.5 Å². The number of rotatable bonds is 7. The zero-order valence-electron chi connectivity index (χ0n) is 17.9. The van der Waals surface area contributed by atoms with Crippen molar-refractivity contribution in [3.05, 3.63) is 59.7 Å². The van der Waals surface area contributed by atoms with Crippen LogP contribution in [-0.2, 0) is 31.9 Å². The van der Waals surface area contributed by atoms with E-state index in [4.69, 9.17) is 14.0 Å². The van der Waals surface area contributed by atoms with Crippen LogP contribution in [0.4, 0.5) is 0 Å². The molecule has 5 nitrogen and oxygen atoms in total. The van der Waals surface area contributed by atoms with Gasteiger partial charge in [-0.15, -0.1) is 0 Å². The molecule has 1 saturated heterocycles. The van der Waals surface area contributed by atoms with Crippen molar-refractivity contribution in [2.75, 3.05) is 7.11 Å². The lowest BCUT2D eigenvalue weighted by Gasteiger charge is -2.32. The van der Waals surface area contributed by atoms with Gasteiger partial charge in [-0.25, -0.2) is 0 Å². The molecule has 0 spiro atoms. The van der Waals surface area contributed by atoms with E-state index >= 15 is 0 Å². The number of aryl methyl sites for hydroxylation is 1. The fourth-order valence-electron chi connectivity index (χ4n) is 3.08. The van der Waals surface area contributed by atoms with Crippen molar-refractivity contribution in [3.63, 3.8) is 0 Å². The van der Waals surface area contributed by atoms with Gasteiger partial charge in [0.05, 0.1) is 18.3 Å². The summed E-state index contributed by atoms with van der Waals surface area (Å²) < 4.78 is 22.9. The number of esters is 1. The maximum Gasteiger partial charge on any atom is 0.494 e. The van der Waals surface area contributed by atoms with E-state index in [2.05, 4.69) is 38.5 Å². The average Bonchev–Trinajstić information content (AvgIpc) is 2.92. The molecule has 0 unspecified atom stereocenters. The first-order chi connectivity index (χ1) is 13.7. The third-order valence-corrected chi connectivity index (χ3v) is 5.65. The van der Waals surface area contributed by atoms with E-state index in [9.17, 15) is 4.79 Å². The lowest BCUT2D eigenvalue weighted by Crippen LogP contribution is -2.41. The molecule has 154 valence electrons. The van der Waals surface area contributed by atoms with Crippen molar-refractivity contribution in [3.8, 4) is 5.75 Å². The molecule has 0 saturated carbocycles. The zero-order chi connectivity index (χ0) is 21.1. The van der Waals surface area contributed by atoms with Crippen molar-refractivity contribution < 1.29 is 23.6 Å². The fraction of sp³-hybridized carbons (Fsp3) is 0.435. The van der Waals surface area contributed by atoms with Crippen LogP contribution < -0.4 is 10.2 Å². The summed E-state index contributed by atoms with van der Waals surface area (Å²) in [7, 11) is 1.02. The van der Waals surface area contributed by atoms with Crippen LogP contribution >= 0.6 is 0 Å². The maximum atomic E-state index is 11.2. The van der Waals surface area contributed by atoms with Gasteiger partial charge in [0, 0.05) is 6.42 Å². The molecular weight excluding hydrogens is 367 g/mol. The number of hydrogen-bond acceptors (Lipinski definition) is 5. The molecule has 6 heteroatoms. The molecule has 1 heterocycles. The van der Waals surface area contributed by atoms with Gasteiger partial charge in [0.25, 0.3) is 0 Å². The Hall–Kier alpha value is -2.31. The highest BCUT2D eigenvalue weighted by atomic mass is 16.7. The van der Waals surface area contributed by atoms with Crippen molar-refractivity contribution in [1.82, 2.24) is 0 Å². The van der Waals surface area contributed by atoms with E-state index in [0.29, 0.717) is 19.4 Å². The van der Waals surface area contributed by atoms with E-state index in [1.165, 1.54) is 7.11 Å². The summed E-state index contributed by atoms with van der Waals surface area (Å²) in [5.74, 6) is 0.583. The largest absolute Gasteiger partial charge is 0.494 e. The topological polar surface area (TPSA) is 54.0 Å². The van der Waals surface area contributed by atoms with Crippen LogP contribution in [0, 0.1) is 0 Å². The summed E-state index contributed by atoms with van der Waals surface area (Å²) in [5.41, 5.74) is 2.39. The first kappa shape index (κ1) is 21.4. The number of carbonyl (C=O) groups is 1. The summed E-state index contributed by atoms with van der Waals surface area (Å²) in [6.45, 7) is 8.65. The lowest BCUT2D eigenvalue weighted by molar-refractivity contribution is -0.140. The fourth-order valence-corrected chi connectivity index (χ4v) is 3.08. The molecule has 2 aromatic carbocycles. The summed E-state index contributed by atoms with van der Waals surface area (Å²) in [6, 6.07) is 15.9. The van der Waals surface area contributed by atoms with Crippen LogP contribution in [0.15, 0.2) is 48.5 Å². The molecule has 0 aliphatic carbocycles. The molecule has 0 N–H and O–H groups in total. The maximum absolute atomic E-state index is 11.2. The second-order valence-electron chi connectivity index (χ2n) is 8.34. The minimum Gasteiger partial charge on any atom is -0.489 e. The molecule has 0 aromatic heterocycles. The summed E-state index contributed by atoms with van der Waals surface area (Å²) in [5, 5.41) is 0. The van der Waals surface area contributed by atoms with Crippen LogP contribution in [0.3, 0.4) is 0 Å². The van der Waals surface area contributed by atoms with E-state index in [-0.39, 0.29) is 24.3 Å². The molecule has 2 aromatic rings. The Balaban J connectivity index is 1.58. The minimum atomic E-state index is -0.381. The molecule has 3 rings (SSSR count). The van der Waals surface area contributed by atoms with Gasteiger partial charge in [0.1, 0.15) is 12.4 Å². The SMILES string of the molecule is COC(=O)CCc1ccc(OCc2cccc(B3OC(C)(C)C(C)(C)O3)c2)cc1. The Morgan fingerprint density at radius 1 is 0.966 bits per heavy atom. The van der Waals surface area contributed by atoms with Gasteiger partial charge in [-0.3, -0.25) is 4.79 Å². The molecule has 0 amide bonds. The summed E-state index contributed by atoms with van der Waals surface area (Å²) >= 11 is 0. The van der Waals surface area contributed by atoms with E-state index < -0.39 is 0 Å². The van der Waals surface area contributed by atoms with Crippen molar-refractivity contribution in [1.29, 1.82) is 0 Å². The normalized spacial score (nSPS) is 17.2. The Kier molecular flexibility index (Phi) is 6.34. The van der Waals surface area contributed by atoms with Gasteiger partial charge < -0.3 is 18.8 Å². The van der Waals surface area contributed by atoms with Crippen LogP contribution in [0.1, 0.15) is 45.2 Å². The van der Waals surface area contributed by atoms with Gasteiger partial charge in [0.2, 0.25) is 0 Å². The number of methoxy groups -OCH3 is 1. The predicted molar refractivity (Wildman–Crippen MR) is 113 cm³/mol. The molecule has 0 bridgehead atoms. The molecule has 0 atom stereocenters. The lowest BCUT2D eigenvalue weighted by atomic mass is 9.78. The average molecular weight is 396 g/mol. The monoisotopic (exact) mass is 396 g/mol. The Labute approximate surface area is 173 Å². The second-order valence-corrected chi connectivity index (χ2v) is 8.34. The van der Waals surface area contributed by atoms with Gasteiger partial charge in [-0.05, 0) is 62.8 Å². The Bertz CT molecular complexity index is 829. The summed E-state index contributed by atoms with van der Waals surface area (Å²) in [6.07, 6.45) is 1.03. The molecular formula is C23H29BO5. The van der Waals surface area contributed by atoms with Crippen molar-refractivity contribution in [2.24, 2.45) is 0 Å². The first-order valence-electron chi connectivity index (χ1n) is 9.93. The number of carbonyl (C=O) groups excluding carboxylic acids is 1. The molecule has 1 aliphatic heterocycles. The Morgan fingerprint density at radius 2 is 1.62 bits per heavy atom. The quantitative estimate of drug-likeness (QED) is 0.528. The third kappa shape index (κ3) is 5.20. The second kappa shape index (κ2) is 8.60. The van der Waals surface area contributed by atoms with Gasteiger partial charge in [0.15, 0.2) is 0 Å². The van der Waals surface area contributed by atoms with Gasteiger partial charge in [-0.2, -0.15) is 0 Å². The highest BCUT2D eigenvalue weighted by Crippen LogP contribution is 2.36. The highest BCUT2D eigenvalue weighted by Gasteiger charge is 2.51. The zero-order valence-corrected chi connectivity index (χ0v) is 17.9. The van der Waals surface area contributed by atoms with Crippen LogP contribution in [-0.4, -0.2) is 31.4 Å². The minimum absolute atomic E-state index is 0.202. The molecule has 1 fully saturated rings. The van der Waals surface area contributed by atoms with E-state index in [0.717, 1.165) is 22.3 Å². The van der Waals surface area contributed by atoms with Gasteiger partial charge >= 0.3 is 13.1 Å².